The van der Waals surface area contributed by atoms with Crippen molar-refractivity contribution < 1.29 is 4.79 Å². The van der Waals surface area contributed by atoms with Crippen molar-refractivity contribution in [2.45, 2.75) is 50.5 Å². The van der Waals surface area contributed by atoms with Gasteiger partial charge in [-0.1, -0.05) is 68.9 Å². The van der Waals surface area contributed by atoms with E-state index in [9.17, 15) is 4.79 Å². The molecule has 0 heterocycles. The minimum atomic E-state index is -1.56. The minimum Gasteiger partial charge on any atom is -0.336 e. The Morgan fingerprint density at radius 3 is 2.12 bits per heavy atom. The van der Waals surface area contributed by atoms with Crippen LogP contribution in [0, 0.1) is 5.41 Å². The maximum absolute atomic E-state index is 11.8. The summed E-state index contributed by atoms with van der Waals surface area (Å²) in [5, 5.41) is 5.75. The third-order valence-electron chi connectivity index (χ3n) is 2.16. The summed E-state index contributed by atoms with van der Waals surface area (Å²) in [6.45, 7) is 8.19. The van der Waals surface area contributed by atoms with Crippen LogP contribution in [0.5, 0.6) is 0 Å². The van der Waals surface area contributed by atoms with E-state index in [4.69, 9.17) is 34.8 Å². The van der Waals surface area contributed by atoms with Gasteiger partial charge in [0, 0.05) is 5.41 Å². The lowest BCUT2D eigenvalue weighted by molar-refractivity contribution is -0.129. The second-order valence-electron chi connectivity index (χ2n) is 5.01. The Bertz CT molecular complexity index is 246. The largest absolute Gasteiger partial charge is 0.336 e. The molecule has 3 nitrogen and oxygen atoms in total. The maximum Gasteiger partial charge on any atom is 0.226 e. The lowest BCUT2D eigenvalue weighted by atomic mass is 9.95. The molecule has 2 N–H and O–H groups in total. The molecule has 0 saturated carbocycles. The molecule has 102 valence electrons. The minimum absolute atomic E-state index is 0.155. The molecular formula is C11H21Cl3N2O. The molecule has 0 aromatic rings. The first kappa shape index (κ1) is 17.3. The molecule has 0 rings (SSSR count). The van der Waals surface area contributed by atoms with Gasteiger partial charge in [0.05, 0.1) is 0 Å². The van der Waals surface area contributed by atoms with E-state index in [-0.39, 0.29) is 5.91 Å². The summed E-state index contributed by atoms with van der Waals surface area (Å²) in [4.78, 5) is 11.8. The molecule has 0 aliphatic carbocycles. The second kappa shape index (κ2) is 7.03. The monoisotopic (exact) mass is 302 g/mol. The van der Waals surface area contributed by atoms with Crippen molar-refractivity contribution in [1.29, 1.82) is 0 Å². The molecule has 0 unspecified atom stereocenters. The highest BCUT2D eigenvalue weighted by Crippen LogP contribution is 2.29. The van der Waals surface area contributed by atoms with Crippen LogP contribution in [0.25, 0.3) is 0 Å². The molecule has 0 saturated heterocycles. The van der Waals surface area contributed by atoms with Gasteiger partial charge in [0.25, 0.3) is 0 Å². The van der Waals surface area contributed by atoms with Crippen LogP contribution in [0.4, 0.5) is 0 Å². The third-order valence-corrected chi connectivity index (χ3v) is 2.82. The van der Waals surface area contributed by atoms with Crippen molar-refractivity contribution in [3.05, 3.63) is 0 Å². The molecule has 0 spiro atoms. The zero-order valence-electron chi connectivity index (χ0n) is 10.7. The Hall–Kier alpha value is 0.300. The smallest absolute Gasteiger partial charge is 0.226 e. The number of alkyl halides is 3. The van der Waals surface area contributed by atoms with Gasteiger partial charge in [-0.15, -0.1) is 0 Å². The van der Waals surface area contributed by atoms with Crippen molar-refractivity contribution in [2.24, 2.45) is 5.41 Å². The highest BCUT2D eigenvalue weighted by molar-refractivity contribution is 6.68. The Labute approximate surface area is 119 Å². The topological polar surface area (TPSA) is 41.1 Å². The first-order valence-electron chi connectivity index (χ1n) is 5.70. The van der Waals surface area contributed by atoms with Gasteiger partial charge in [-0.05, 0) is 13.0 Å². The lowest BCUT2D eigenvalue weighted by Crippen LogP contribution is -2.55. The number of nitrogens with one attached hydrogen (secondary N) is 2. The number of amides is 1. The second-order valence-corrected chi connectivity index (χ2v) is 7.37. The van der Waals surface area contributed by atoms with Crippen molar-refractivity contribution in [1.82, 2.24) is 10.6 Å². The van der Waals surface area contributed by atoms with Crippen LogP contribution in [0.1, 0.15) is 40.5 Å². The molecule has 1 atom stereocenters. The average Bonchev–Trinajstić information content (AvgIpc) is 2.13. The van der Waals surface area contributed by atoms with Gasteiger partial charge < -0.3 is 5.32 Å². The average molecular weight is 304 g/mol. The van der Waals surface area contributed by atoms with Crippen molar-refractivity contribution in [3.8, 4) is 0 Å². The summed E-state index contributed by atoms with van der Waals surface area (Å²) >= 11 is 17.5. The Morgan fingerprint density at radius 2 is 1.76 bits per heavy atom. The molecule has 0 aliphatic heterocycles. The molecule has 0 aliphatic rings. The van der Waals surface area contributed by atoms with Gasteiger partial charge >= 0.3 is 0 Å². The van der Waals surface area contributed by atoms with Gasteiger partial charge in [0.15, 0.2) is 0 Å². The van der Waals surface area contributed by atoms with Crippen LogP contribution in [0.3, 0.4) is 0 Å². The van der Waals surface area contributed by atoms with Crippen LogP contribution in [-0.4, -0.2) is 22.4 Å². The van der Waals surface area contributed by atoms with Crippen LogP contribution < -0.4 is 10.6 Å². The number of carbonyl (C=O) groups excluding carboxylic acids is 1. The molecule has 1 amide bonds. The number of hydrogen-bond acceptors (Lipinski definition) is 2. The van der Waals surface area contributed by atoms with Crippen molar-refractivity contribution in [3.63, 3.8) is 0 Å². The molecule has 0 aromatic heterocycles. The molecule has 0 bridgehead atoms. The predicted molar refractivity (Wildman–Crippen MR) is 74.6 cm³/mol. The molecular weight excluding hydrogens is 282 g/mol. The van der Waals surface area contributed by atoms with Crippen LogP contribution >= 0.6 is 34.8 Å². The molecule has 17 heavy (non-hydrogen) atoms. The molecule has 0 fully saturated rings. The number of hydrogen-bond donors (Lipinski definition) is 2. The predicted octanol–water partition coefficient (Wildman–Crippen LogP) is 3.23. The van der Waals surface area contributed by atoms with Gasteiger partial charge in [-0.2, -0.15) is 0 Å². The van der Waals surface area contributed by atoms with E-state index in [0.29, 0.717) is 6.54 Å². The van der Waals surface area contributed by atoms with Gasteiger partial charge in [0.1, 0.15) is 6.17 Å². The van der Waals surface area contributed by atoms with E-state index in [1.807, 2.05) is 20.8 Å². The molecule has 6 heteroatoms. The Kier molecular flexibility index (Phi) is 7.15. The summed E-state index contributed by atoms with van der Waals surface area (Å²) in [6, 6.07) is 0. The molecule has 0 aromatic carbocycles. The fourth-order valence-corrected chi connectivity index (χ4v) is 1.41. The Balaban J connectivity index is 4.46. The maximum atomic E-state index is 11.8. The quantitative estimate of drug-likeness (QED) is 0.465. The summed E-state index contributed by atoms with van der Waals surface area (Å²) < 4.78 is -1.56. The fourth-order valence-electron chi connectivity index (χ4n) is 1.02. The molecule has 0 radical (unpaired) electrons. The number of carbonyl (C=O) groups is 1. The van der Waals surface area contributed by atoms with Gasteiger partial charge in [0.2, 0.25) is 9.70 Å². The summed E-state index contributed by atoms with van der Waals surface area (Å²) in [5.41, 5.74) is -0.513. The first-order chi connectivity index (χ1) is 7.59. The SMILES string of the molecule is CCCCN[C@H](NC(=O)C(C)(C)C)C(Cl)(Cl)Cl. The normalized spacial score (nSPS) is 14.5. The van der Waals surface area contributed by atoms with Gasteiger partial charge in [-0.25, -0.2) is 0 Å². The zero-order chi connectivity index (χ0) is 13.7. The number of unbranched alkanes of at least 4 members (excludes halogenated alkanes) is 1. The highest BCUT2D eigenvalue weighted by atomic mass is 35.6. The standard InChI is InChI=1S/C11H21Cl3N2O/c1-5-6-7-15-8(11(12,13)14)16-9(17)10(2,3)4/h8,15H,5-7H2,1-4H3,(H,16,17)/t8-/m1/s1. The van der Waals surface area contributed by atoms with E-state index in [2.05, 4.69) is 17.6 Å². The number of rotatable bonds is 5. The number of halogens is 3. The summed E-state index contributed by atoms with van der Waals surface area (Å²) in [6.07, 6.45) is 1.32. The fraction of sp³-hybridized carbons (Fsp3) is 0.909. The van der Waals surface area contributed by atoms with E-state index in [1.54, 1.807) is 0 Å². The van der Waals surface area contributed by atoms with Crippen LogP contribution in [-0.2, 0) is 4.79 Å². The van der Waals surface area contributed by atoms with E-state index in [1.165, 1.54) is 0 Å². The van der Waals surface area contributed by atoms with Crippen molar-refractivity contribution in [2.75, 3.05) is 6.54 Å². The highest BCUT2D eigenvalue weighted by Gasteiger charge is 2.35. The summed E-state index contributed by atoms with van der Waals surface area (Å²) in [7, 11) is 0. The zero-order valence-corrected chi connectivity index (χ0v) is 13.0. The van der Waals surface area contributed by atoms with E-state index < -0.39 is 15.4 Å². The van der Waals surface area contributed by atoms with Crippen LogP contribution in [0.15, 0.2) is 0 Å². The van der Waals surface area contributed by atoms with E-state index in [0.717, 1.165) is 12.8 Å². The van der Waals surface area contributed by atoms with Crippen LogP contribution in [0.2, 0.25) is 0 Å². The van der Waals surface area contributed by atoms with Gasteiger partial charge in [-0.3, -0.25) is 10.1 Å². The van der Waals surface area contributed by atoms with Crippen molar-refractivity contribution >= 4 is 40.7 Å². The lowest BCUT2D eigenvalue weighted by Gasteiger charge is -2.29. The third kappa shape index (κ3) is 7.35. The summed E-state index contributed by atoms with van der Waals surface area (Å²) in [5.74, 6) is -0.155. The Morgan fingerprint density at radius 1 is 1.24 bits per heavy atom. The van der Waals surface area contributed by atoms with E-state index >= 15 is 0 Å². The first-order valence-corrected chi connectivity index (χ1v) is 6.83.